The average Bonchev–Trinajstić information content (AvgIpc) is 2.54. The van der Waals surface area contributed by atoms with Crippen molar-refractivity contribution in [3.63, 3.8) is 0 Å². The number of aromatic hydroxyl groups is 1. The van der Waals surface area contributed by atoms with Crippen LogP contribution in [-0.4, -0.2) is 15.9 Å². The van der Waals surface area contributed by atoms with Crippen molar-refractivity contribution >= 4 is 11.9 Å². The van der Waals surface area contributed by atoms with Crippen LogP contribution >= 0.6 is 0 Å². The zero-order chi connectivity index (χ0) is 18.7. The summed E-state index contributed by atoms with van der Waals surface area (Å²) in [6, 6.07) is 7.85. The van der Waals surface area contributed by atoms with E-state index in [1.54, 1.807) is 6.92 Å². The van der Waals surface area contributed by atoms with Crippen molar-refractivity contribution in [1.82, 2.24) is 4.57 Å². The molecule has 1 heterocycles. The van der Waals surface area contributed by atoms with Gasteiger partial charge in [0.25, 0.3) is 5.56 Å². The summed E-state index contributed by atoms with van der Waals surface area (Å²) in [7, 11) is 0. The molecule has 0 unspecified atom stereocenters. The number of hydrogen-bond donors (Lipinski definition) is 1. The number of nitriles is 1. The Hall–Kier alpha value is -2.87. The van der Waals surface area contributed by atoms with Gasteiger partial charge in [0.1, 0.15) is 11.6 Å². The molecule has 25 heavy (non-hydrogen) atoms. The number of aliphatic imine (C=N–C) groups is 1. The van der Waals surface area contributed by atoms with Crippen molar-refractivity contribution in [3.8, 4) is 11.9 Å². The molecular weight excluding hydrogens is 314 g/mol. The van der Waals surface area contributed by atoms with Gasteiger partial charge in [-0.15, -0.1) is 0 Å². The maximum Gasteiger partial charge on any atom is 0.271 e. The second kappa shape index (κ2) is 7.35. The quantitative estimate of drug-likeness (QED) is 0.863. The summed E-state index contributed by atoms with van der Waals surface area (Å²) in [5.41, 5.74) is 3.28. The Kier molecular flexibility index (Phi) is 5.43. The zero-order valence-corrected chi connectivity index (χ0v) is 15.3. The van der Waals surface area contributed by atoms with Gasteiger partial charge in [0, 0.05) is 12.8 Å². The fraction of sp³-hybridized carbons (Fsp3) is 0.350. The summed E-state index contributed by atoms with van der Waals surface area (Å²) < 4.78 is 1.25. The highest BCUT2D eigenvalue weighted by Crippen LogP contribution is 2.25. The summed E-state index contributed by atoms with van der Waals surface area (Å²) in [6.07, 6.45) is 1.54. The molecule has 1 N–H and O–H groups in total. The lowest BCUT2D eigenvalue weighted by atomic mass is 10.0. The molecule has 0 saturated heterocycles. The molecule has 0 saturated carbocycles. The van der Waals surface area contributed by atoms with E-state index in [-0.39, 0.29) is 17.4 Å². The number of aryl methyl sites for hydroxylation is 2. The second-order valence-corrected chi connectivity index (χ2v) is 6.66. The van der Waals surface area contributed by atoms with Crippen LogP contribution in [0.2, 0.25) is 0 Å². The Balaban J connectivity index is 2.67. The fourth-order valence-corrected chi connectivity index (χ4v) is 2.80. The van der Waals surface area contributed by atoms with Gasteiger partial charge < -0.3 is 5.11 Å². The van der Waals surface area contributed by atoms with Crippen LogP contribution in [0.1, 0.15) is 41.7 Å². The van der Waals surface area contributed by atoms with Crippen LogP contribution in [0.25, 0.3) is 0 Å². The van der Waals surface area contributed by atoms with Gasteiger partial charge in [0.2, 0.25) is 5.88 Å². The number of nitrogens with zero attached hydrogens (tertiary/aromatic N) is 3. The van der Waals surface area contributed by atoms with E-state index >= 15 is 0 Å². The molecule has 5 nitrogen and oxygen atoms in total. The van der Waals surface area contributed by atoms with Gasteiger partial charge >= 0.3 is 0 Å². The third kappa shape index (κ3) is 3.63. The lowest BCUT2D eigenvalue weighted by Crippen LogP contribution is -2.27. The van der Waals surface area contributed by atoms with E-state index in [4.69, 9.17) is 0 Å². The summed E-state index contributed by atoms with van der Waals surface area (Å²) in [6.45, 7) is 9.82. The summed E-state index contributed by atoms with van der Waals surface area (Å²) >= 11 is 0. The van der Waals surface area contributed by atoms with E-state index in [9.17, 15) is 15.2 Å². The van der Waals surface area contributed by atoms with Gasteiger partial charge in [-0.05, 0) is 43.4 Å². The van der Waals surface area contributed by atoms with Gasteiger partial charge in [-0.2, -0.15) is 5.26 Å². The fourth-order valence-electron chi connectivity index (χ4n) is 2.80. The molecule has 2 rings (SSSR count). The molecule has 0 aliphatic carbocycles. The minimum absolute atomic E-state index is 0.0430. The van der Waals surface area contributed by atoms with Crippen molar-refractivity contribution < 1.29 is 5.11 Å². The predicted octanol–water partition coefficient (Wildman–Crippen LogP) is 3.76. The largest absolute Gasteiger partial charge is 0.494 e. The van der Waals surface area contributed by atoms with Crippen LogP contribution in [0.5, 0.6) is 5.88 Å². The van der Waals surface area contributed by atoms with Gasteiger partial charge in [-0.1, -0.05) is 32.0 Å². The number of para-hydroxylation sites is 1. The smallest absolute Gasteiger partial charge is 0.271 e. The van der Waals surface area contributed by atoms with Crippen LogP contribution in [0.15, 0.2) is 28.0 Å². The maximum absolute atomic E-state index is 12.4. The summed E-state index contributed by atoms with van der Waals surface area (Å²) in [5, 5.41) is 20.0. The minimum atomic E-state index is -0.463. The molecule has 0 radical (unpaired) electrons. The molecule has 0 bridgehead atoms. The van der Waals surface area contributed by atoms with Crippen molar-refractivity contribution in [2.75, 3.05) is 0 Å². The Morgan fingerprint density at radius 2 is 1.88 bits per heavy atom. The highest BCUT2D eigenvalue weighted by atomic mass is 16.3. The van der Waals surface area contributed by atoms with E-state index in [1.807, 2.05) is 52.0 Å². The van der Waals surface area contributed by atoms with Crippen molar-refractivity contribution in [2.45, 2.75) is 41.2 Å². The molecule has 0 spiro atoms. The third-order valence-corrected chi connectivity index (χ3v) is 4.16. The van der Waals surface area contributed by atoms with Crippen LogP contribution in [0.3, 0.4) is 0 Å². The summed E-state index contributed by atoms with van der Waals surface area (Å²) in [4.78, 5) is 17.0. The first-order valence-corrected chi connectivity index (χ1v) is 8.24. The van der Waals surface area contributed by atoms with Crippen LogP contribution in [0, 0.1) is 38.0 Å². The lowest BCUT2D eigenvalue weighted by molar-refractivity contribution is 0.381. The minimum Gasteiger partial charge on any atom is -0.494 e. The van der Waals surface area contributed by atoms with Gasteiger partial charge in [0.05, 0.1) is 11.3 Å². The Bertz CT molecular complexity index is 911. The Morgan fingerprint density at radius 3 is 2.40 bits per heavy atom. The van der Waals surface area contributed by atoms with Gasteiger partial charge in [-0.25, -0.2) is 0 Å². The van der Waals surface area contributed by atoms with Crippen molar-refractivity contribution in [1.29, 1.82) is 5.26 Å². The monoisotopic (exact) mass is 337 g/mol. The number of hydrogen-bond acceptors (Lipinski definition) is 4. The van der Waals surface area contributed by atoms with E-state index in [0.29, 0.717) is 17.7 Å². The molecule has 2 aromatic rings. The van der Waals surface area contributed by atoms with Crippen LogP contribution in [0.4, 0.5) is 5.69 Å². The van der Waals surface area contributed by atoms with Gasteiger partial charge in [-0.3, -0.25) is 14.4 Å². The maximum atomic E-state index is 12.4. The van der Waals surface area contributed by atoms with Crippen molar-refractivity contribution in [2.24, 2.45) is 10.9 Å². The SMILES string of the molecule is Cc1cccc(C)c1N=Cc1c(C)c(C#N)c(=O)n(CC(C)C)c1O. The van der Waals surface area contributed by atoms with Crippen LogP contribution in [-0.2, 0) is 6.54 Å². The van der Waals surface area contributed by atoms with Gasteiger partial charge in [0.15, 0.2) is 0 Å². The lowest BCUT2D eigenvalue weighted by Gasteiger charge is -2.15. The second-order valence-electron chi connectivity index (χ2n) is 6.66. The molecule has 5 heteroatoms. The normalized spacial score (nSPS) is 11.2. The van der Waals surface area contributed by atoms with Crippen LogP contribution < -0.4 is 5.56 Å². The highest BCUT2D eigenvalue weighted by Gasteiger charge is 2.18. The molecule has 0 aliphatic rings. The number of aromatic nitrogens is 1. The molecule has 130 valence electrons. The molecule has 0 fully saturated rings. The first-order chi connectivity index (χ1) is 11.8. The molecule has 1 aromatic heterocycles. The highest BCUT2D eigenvalue weighted by molar-refractivity contribution is 5.87. The predicted molar refractivity (Wildman–Crippen MR) is 99.8 cm³/mol. The first kappa shape index (κ1) is 18.5. The molecule has 0 atom stereocenters. The zero-order valence-electron chi connectivity index (χ0n) is 15.3. The molecule has 1 aromatic carbocycles. The topological polar surface area (TPSA) is 78.4 Å². The first-order valence-electron chi connectivity index (χ1n) is 8.24. The van der Waals surface area contributed by atoms with E-state index in [2.05, 4.69) is 4.99 Å². The van der Waals surface area contributed by atoms with E-state index in [1.165, 1.54) is 10.8 Å². The Morgan fingerprint density at radius 1 is 1.28 bits per heavy atom. The number of benzene rings is 1. The molecule has 0 amide bonds. The molecular formula is C20H23N3O2. The van der Waals surface area contributed by atoms with Crippen molar-refractivity contribution in [3.05, 3.63) is 56.4 Å². The van der Waals surface area contributed by atoms with E-state index in [0.717, 1.165) is 16.8 Å². The standard InChI is InChI=1S/C20H23N3O2/c1-12(2)11-23-19(24)16(9-21)15(5)17(20(23)25)10-22-18-13(3)7-6-8-14(18)4/h6-8,10,12,25H,11H2,1-5H3. The summed E-state index contributed by atoms with van der Waals surface area (Å²) in [5.74, 6) is 0.00596. The Labute approximate surface area is 147 Å². The number of pyridine rings is 1. The van der Waals surface area contributed by atoms with E-state index < -0.39 is 5.56 Å². The number of rotatable bonds is 4. The third-order valence-electron chi connectivity index (χ3n) is 4.16. The average molecular weight is 337 g/mol. The molecule has 0 aliphatic heterocycles.